The number of likely N-dealkylation sites (N-methyl/N-ethyl adjacent to an activating group) is 1. The fourth-order valence-electron chi connectivity index (χ4n) is 2.76. The number of halogens is 2. The Labute approximate surface area is 166 Å². The van der Waals surface area contributed by atoms with E-state index in [1.807, 2.05) is 7.05 Å². The van der Waals surface area contributed by atoms with Crippen LogP contribution in [0.25, 0.3) is 0 Å². The molecule has 0 aromatic heterocycles. The monoisotopic (exact) mass is 455 g/mol. The van der Waals surface area contributed by atoms with Crippen molar-refractivity contribution >= 4 is 37.5 Å². The molecule has 1 heterocycles. The number of hydrogen-bond acceptors (Lipinski definition) is 4. The van der Waals surface area contributed by atoms with Gasteiger partial charge in [-0.05, 0) is 65.4 Å². The van der Waals surface area contributed by atoms with Crippen LogP contribution in [0.15, 0.2) is 51.8 Å². The Balaban J connectivity index is 1.73. The van der Waals surface area contributed by atoms with Crippen molar-refractivity contribution in [3.63, 3.8) is 0 Å². The second-order valence-corrected chi connectivity index (χ2v) is 9.10. The van der Waals surface area contributed by atoms with Crippen LogP contribution in [0.3, 0.4) is 0 Å². The molecule has 27 heavy (non-hydrogen) atoms. The summed E-state index contributed by atoms with van der Waals surface area (Å²) in [7, 11) is -1.60. The number of carbonyl (C=O) groups is 1. The fourth-order valence-corrected chi connectivity index (χ4v) is 4.61. The zero-order chi connectivity index (χ0) is 19.6. The van der Waals surface area contributed by atoms with Gasteiger partial charge in [0.05, 0.1) is 10.5 Å². The topological polar surface area (TPSA) is 69.7 Å². The van der Waals surface area contributed by atoms with E-state index in [-0.39, 0.29) is 10.5 Å². The quantitative estimate of drug-likeness (QED) is 0.769. The normalized spacial score (nSPS) is 16.3. The maximum atomic E-state index is 13.4. The summed E-state index contributed by atoms with van der Waals surface area (Å²) in [6.07, 6.45) is 0. The maximum absolute atomic E-state index is 13.4. The minimum absolute atomic E-state index is 0.157. The largest absolute Gasteiger partial charge is 0.322 e. The average molecular weight is 456 g/mol. The van der Waals surface area contributed by atoms with Gasteiger partial charge in [-0.15, -0.1) is 0 Å². The average Bonchev–Trinajstić information content (AvgIpc) is 2.64. The Morgan fingerprint density at radius 3 is 2.33 bits per heavy atom. The molecule has 2 aromatic carbocycles. The molecule has 0 atom stereocenters. The van der Waals surface area contributed by atoms with Gasteiger partial charge in [0.1, 0.15) is 5.82 Å². The van der Waals surface area contributed by atoms with Crippen molar-refractivity contribution in [3.05, 3.63) is 58.3 Å². The molecule has 0 aliphatic carbocycles. The third kappa shape index (κ3) is 4.55. The first-order valence-corrected chi connectivity index (χ1v) is 10.6. The number of amides is 1. The van der Waals surface area contributed by atoms with Crippen LogP contribution in [0.1, 0.15) is 10.4 Å². The number of nitrogens with zero attached hydrogens (tertiary/aromatic N) is 2. The van der Waals surface area contributed by atoms with E-state index in [0.29, 0.717) is 36.3 Å². The lowest BCUT2D eigenvalue weighted by Gasteiger charge is -2.31. The van der Waals surface area contributed by atoms with E-state index in [2.05, 4.69) is 26.1 Å². The Morgan fingerprint density at radius 2 is 1.70 bits per heavy atom. The SMILES string of the molecule is CN1CCN(S(=O)(=O)c2ccc(NC(=O)c3cc(F)ccc3Br)cc2)CC1. The standard InChI is InChI=1S/C18H19BrFN3O3S/c1-22-8-10-23(11-9-22)27(25,26)15-5-3-14(4-6-15)21-18(24)16-12-13(20)2-7-17(16)19/h2-7,12H,8-11H2,1H3,(H,21,24). The molecule has 1 N–H and O–H groups in total. The molecule has 144 valence electrons. The number of hydrogen-bond donors (Lipinski definition) is 1. The summed E-state index contributed by atoms with van der Waals surface area (Å²) in [6.45, 7) is 2.28. The fraction of sp³-hybridized carbons (Fsp3) is 0.278. The summed E-state index contributed by atoms with van der Waals surface area (Å²) < 4.78 is 40.7. The number of rotatable bonds is 4. The molecule has 1 fully saturated rings. The zero-order valence-electron chi connectivity index (χ0n) is 14.7. The molecular weight excluding hydrogens is 437 g/mol. The summed E-state index contributed by atoms with van der Waals surface area (Å²) in [6, 6.07) is 9.80. The van der Waals surface area contributed by atoms with Crippen LogP contribution in [0.5, 0.6) is 0 Å². The van der Waals surface area contributed by atoms with Gasteiger partial charge in [-0.3, -0.25) is 4.79 Å². The molecule has 0 radical (unpaired) electrons. The van der Waals surface area contributed by atoms with Crippen molar-refractivity contribution in [2.24, 2.45) is 0 Å². The Hall–Kier alpha value is -1.81. The molecular formula is C18H19BrFN3O3S. The third-order valence-electron chi connectivity index (χ3n) is 4.39. The second kappa shape index (κ2) is 8.05. The van der Waals surface area contributed by atoms with Gasteiger partial charge in [0, 0.05) is 36.3 Å². The number of anilines is 1. The number of piperazine rings is 1. The number of nitrogens with one attached hydrogen (secondary N) is 1. The second-order valence-electron chi connectivity index (χ2n) is 6.31. The molecule has 2 aromatic rings. The van der Waals surface area contributed by atoms with E-state index < -0.39 is 21.7 Å². The predicted octanol–water partition coefficient (Wildman–Crippen LogP) is 2.78. The van der Waals surface area contributed by atoms with E-state index >= 15 is 0 Å². The van der Waals surface area contributed by atoms with Gasteiger partial charge in [0.15, 0.2) is 0 Å². The van der Waals surface area contributed by atoms with Crippen LogP contribution in [0.2, 0.25) is 0 Å². The Kier molecular flexibility index (Phi) is 5.95. The molecule has 1 amide bonds. The number of sulfonamides is 1. The molecule has 9 heteroatoms. The highest BCUT2D eigenvalue weighted by atomic mass is 79.9. The molecule has 1 aliphatic rings. The highest BCUT2D eigenvalue weighted by Crippen LogP contribution is 2.22. The van der Waals surface area contributed by atoms with Crippen molar-refractivity contribution in [1.29, 1.82) is 0 Å². The van der Waals surface area contributed by atoms with E-state index in [4.69, 9.17) is 0 Å². The first-order chi connectivity index (χ1) is 12.8. The highest BCUT2D eigenvalue weighted by molar-refractivity contribution is 9.10. The minimum Gasteiger partial charge on any atom is -0.322 e. The molecule has 1 saturated heterocycles. The summed E-state index contributed by atoms with van der Waals surface area (Å²) in [5.41, 5.74) is 0.581. The molecule has 0 spiro atoms. The van der Waals surface area contributed by atoms with Gasteiger partial charge in [0.2, 0.25) is 10.0 Å². The minimum atomic E-state index is -3.56. The third-order valence-corrected chi connectivity index (χ3v) is 6.99. The molecule has 6 nitrogen and oxygen atoms in total. The smallest absolute Gasteiger partial charge is 0.256 e. The molecule has 0 unspecified atom stereocenters. The van der Waals surface area contributed by atoms with Crippen LogP contribution in [0.4, 0.5) is 10.1 Å². The first kappa shape index (κ1) is 19.9. The lowest BCUT2D eigenvalue weighted by atomic mass is 10.2. The summed E-state index contributed by atoms with van der Waals surface area (Å²) >= 11 is 3.21. The molecule has 3 rings (SSSR count). The van der Waals surface area contributed by atoms with Gasteiger partial charge >= 0.3 is 0 Å². The van der Waals surface area contributed by atoms with E-state index in [1.165, 1.54) is 40.7 Å². The molecule has 0 bridgehead atoms. The van der Waals surface area contributed by atoms with Gasteiger partial charge in [-0.25, -0.2) is 12.8 Å². The van der Waals surface area contributed by atoms with Gasteiger partial charge < -0.3 is 10.2 Å². The maximum Gasteiger partial charge on any atom is 0.256 e. The van der Waals surface area contributed by atoms with E-state index in [1.54, 1.807) is 0 Å². The summed E-state index contributed by atoms with van der Waals surface area (Å²) in [5, 5.41) is 2.64. The van der Waals surface area contributed by atoms with E-state index in [0.717, 1.165) is 6.07 Å². The Morgan fingerprint density at radius 1 is 1.07 bits per heavy atom. The van der Waals surface area contributed by atoms with Gasteiger partial charge in [-0.1, -0.05) is 0 Å². The zero-order valence-corrected chi connectivity index (χ0v) is 17.1. The van der Waals surface area contributed by atoms with Crippen molar-refractivity contribution in [1.82, 2.24) is 9.21 Å². The van der Waals surface area contributed by atoms with Crippen molar-refractivity contribution in [2.75, 3.05) is 38.5 Å². The lowest BCUT2D eigenvalue weighted by molar-refractivity contribution is 0.102. The van der Waals surface area contributed by atoms with Gasteiger partial charge in [0.25, 0.3) is 5.91 Å². The number of carbonyl (C=O) groups excluding carboxylic acids is 1. The van der Waals surface area contributed by atoms with Crippen LogP contribution in [0, 0.1) is 5.82 Å². The van der Waals surface area contributed by atoms with Crippen LogP contribution >= 0.6 is 15.9 Å². The van der Waals surface area contributed by atoms with Crippen LogP contribution in [-0.2, 0) is 10.0 Å². The first-order valence-electron chi connectivity index (χ1n) is 8.32. The summed E-state index contributed by atoms with van der Waals surface area (Å²) in [5.74, 6) is -1.01. The van der Waals surface area contributed by atoms with Crippen LogP contribution in [-0.4, -0.2) is 56.8 Å². The predicted molar refractivity (Wildman–Crippen MR) is 105 cm³/mol. The Bertz CT molecular complexity index is 943. The number of benzene rings is 2. The van der Waals surface area contributed by atoms with Crippen molar-refractivity contribution < 1.29 is 17.6 Å². The summed E-state index contributed by atoms with van der Waals surface area (Å²) in [4.78, 5) is 14.6. The van der Waals surface area contributed by atoms with Crippen molar-refractivity contribution in [3.8, 4) is 0 Å². The highest BCUT2D eigenvalue weighted by Gasteiger charge is 2.27. The van der Waals surface area contributed by atoms with Gasteiger partial charge in [-0.2, -0.15) is 4.31 Å². The van der Waals surface area contributed by atoms with E-state index in [9.17, 15) is 17.6 Å². The van der Waals surface area contributed by atoms with Crippen molar-refractivity contribution in [2.45, 2.75) is 4.90 Å². The molecule has 1 aliphatic heterocycles. The molecule has 0 saturated carbocycles. The van der Waals surface area contributed by atoms with Crippen LogP contribution < -0.4 is 5.32 Å². The lowest BCUT2D eigenvalue weighted by Crippen LogP contribution is -2.46.